The molecule has 0 unspecified atom stereocenters. The molecule has 0 saturated heterocycles. The van der Waals surface area contributed by atoms with Gasteiger partial charge in [0.05, 0.1) is 12.1 Å². The Hall–Kier alpha value is -1.25. The topological polar surface area (TPSA) is 42.9 Å². The summed E-state index contributed by atoms with van der Waals surface area (Å²) in [6, 6.07) is 0. The van der Waals surface area contributed by atoms with Crippen LogP contribution >= 0.6 is 0 Å². The molecule has 0 amide bonds. The van der Waals surface area contributed by atoms with Crippen molar-refractivity contribution in [2.45, 2.75) is 6.42 Å². The van der Waals surface area contributed by atoms with E-state index >= 15 is 0 Å². The third-order valence-corrected chi connectivity index (χ3v) is 0.870. The van der Waals surface area contributed by atoms with Crippen LogP contribution in [0.5, 0.6) is 0 Å². The van der Waals surface area contributed by atoms with Crippen LogP contribution in [0.4, 0.5) is 0 Å². The summed E-state index contributed by atoms with van der Waals surface area (Å²) in [7, 11) is 0. The number of rotatable bonds is 2. The Morgan fingerprint density at radius 3 is 3.00 bits per heavy atom. The molecule has 0 aliphatic carbocycles. The lowest BCUT2D eigenvalue weighted by Gasteiger charge is -1.86. The molecule has 3 heteroatoms. The van der Waals surface area contributed by atoms with Crippen LogP contribution in [0.1, 0.15) is 5.69 Å². The maximum atomic E-state index is 9.78. The Morgan fingerprint density at radius 1 is 1.56 bits per heavy atom. The van der Waals surface area contributed by atoms with Gasteiger partial charge in [-0.25, -0.2) is 0 Å². The zero-order valence-electron chi connectivity index (χ0n) is 4.74. The molecule has 1 heterocycles. The molecule has 0 fully saturated rings. The van der Waals surface area contributed by atoms with Gasteiger partial charge in [0, 0.05) is 18.6 Å². The van der Waals surface area contributed by atoms with Crippen molar-refractivity contribution < 1.29 is 4.79 Å². The van der Waals surface area contributed by atoms with Crippen molar-refractivity contribution in [3.8, 4) is 0 Å². The van der Waals surface area contributed by atoms with E-state index in [-0.39, 0.29) is 6.42 Å². The monoisotopic (exact) mass is 121 g/mol. The van der Waals surface area contributed by atoms with Crippen molar-refractivity contribution >= 4 is 6.29 Å². The average molecular weight is 121 g/mol. The van der Waals surface area contributed by atoms with Gasteiger partial charge in [-0.2, -0.15) is 0 Å². The summed E-state index contributed by atoms with van der Waals surface area (Å²) in [6.07, 6.45) is 6.62. The van der Waals surface area contributed by atoms with Crippen LogP contribution in [-0.4, -0.2) is 16.3 Å². The second kappa shape index (κ2) is 2.91. The number of carbonyl (C=O) groups excluding carboxylic acids is 1. The molecule has 0 aliphatic rings. The molecule has 1 aromatic rings. The Kier molecular flexibility index (Phi) is 1.90. The van der Waals surface area contributed by atoms with E-state index in [9.17, 15) is 4.79 Å². The van der Waals surface area contributed by atoms with E-state index < -0.39 is 0 Å². The van der Waals surface area contributed by atoms with Crippen LogP contribution in [0.15, 0.2) is 18.6 Å². The Bertz CT molecular complexity index is 186. The van der Waals surface area contributed by atoms with E-state index in [2.05, 4.69) is 9.97 Å². The minimum Gasteiger partial charge on any atom is -0.290 e. The molecule has 45 valence electrons. The number of hydrogen-bond donors (Lipinski definition) is 0. The van der Waals surface area contributed by atoms with E-state index in [1.807, 2.05) is 0 Å². The molecule has 1 radical (unpaired) electrons. The fourth-order valence-corrected chi connectivity index (χ4v) is 0.495. The molecular weight excluding hydrogens is 116 g/mol. The summed E-state index contributed by atoms with van der Waals surface area (Å²) in [5.74, 6) is 0. The van der Waals surface area contributed by atoms with E-state index in [0.717, 1.165) is 0 Å². The molecule has 0 spiro atoms. The van der Waals surface area contributed by atoms with Crippen LogP contribution < -0.4 is 0 Å². The SMILES string of the molecule is O=[C]Cc1cnccn1. The first-order chi connectivity index (χ1) is 4.43. The van der Waals surface area contributed by atoms with Crippen LogP contribution in [0, 0.1) is 0 Å². The second-order valence-corrected chi connectivity index (χ2v) is 1.52. The molecule has 0 saturated carbocycles. The maximum Gasteiger partial charge on any atom is 0.204 e. The molecule has 0 N–H and O–H groups in total. The fraction of sp³-hybridized carbons (Fsp3) is 0.167. The van der Waals surface area contributed by atoms with Gasteiger partial charge in [0.1, 0.15) is 0 Å². The lowest BCUT2D eigenvalue weighted by molar-refractivity contribution is 0.554. The van der Waals surface area contributed by atoms with Gasteiger partial charge in [-0.1, -0.05) is 0 Å². The predicted octanol–water partition coefficient (Wildman–Crippen LogP) is 0.129. The van der Waals surface area contributed by atoms with Crippen LogP contribution in [0.25, 0.3) is 0 Å². The van der Waals surface area contributed by atoms with Crippen LogP contribution in [0.2, 0.25) is 0 Å². The first-order valence-corrected chi connectivity index (χ1v) is 2.53. The second-order valence-electron chi connectivity index (χ2n) is 1.52. The summed E-state index contributed by atoms with van der Waals surface area (Å²) >= 11 is 0. The molecule has 0 atom stereocenters. The Morgan fingerprint density at radius 2 is 2.44 bits per heavy atom. The molecule has 0 aromatic carbocycles. The quantitative estimate of drug-likeness (QED) is 0.558. The number of nitrogens with zero attached hydrogens (tertiary/aromatic N) is 2. The zero-order chi connectivity index (χ0) is 6.53. The van der Waals surface area contributed by atoms with Gasteiger partial charge >= 0.3 is 0 Å². The molecule has 3 nitrogen and oxygen atoms in total. The normalized spacial score (nSPS) is 8.89. The summed E-state index contributed by atoms with van der Waals surface area (Å²) < 4.78 is 0. The van der Waals surface area contributed by atoms with Gasteiger partial charge in [0.25, 0.3) is 0 Å². The predicted molar refractivity (Wildman–Crippen MR) is 31.4 cm³/mol. The first-order valence-electron chi connectivity index (χ1n) is 2.53. The van der Waals surface area contributed by atoms with Crippen LogP contribution in [-0.2, 0) is 11.2 Å². The summed E-state index contributed by atoms with van der Waals surface area (Å²) in [6.45, 7) is 0. The van der Waals surface area contributed by atoms with E-state index in [0.29, 0.717) is 5.69 Å². The van der Waals surface area contributed by atoms with Crippen LogP contribution in [0.3, 0.4) is 0 Å². The minimum atomic E-state index is 0.230. The highest BCUT2D eigenvalue weighted by Gasteiger charge is 1.88. The van der Waals surface area contributed by atoms with Crippen molar-refractivity contribution in [2.24, 2.45) is 0 Å². The summed E-state index contributed by atoms with van der Waals surface area (Å²) in [5.41, 5.74) is 0.660. The van der Waals surface area contributed by atoms with Crippen molar-refractivity contribution in [1.82, 2.24) is 9.97 Å². The fourth-order valence-electron chi connectivity index (χ4n) is 0.495. The third-order valence-electron chi connectivity index (χ3n) is 0.870. The lowest BCUT2D eigenvalue weighted by atomic mass is 10.3. The molecule has 0 bridgehead atoms. The largest absolute Gasteiger partial charge is 0.290 e. The molecular formula is C6H5N2O. The first kappa shape index (κ1) is 5.88. The van der Waals surface area contributed by atoms with Gasteiger partial charge in [-0.05, 0) is 0 Å². The average Bonchev–Trinajstić information content (AvgIpc) is 1.91. The van der Waals surface area contributed by atoms with Crippen molar-refractivity contribution in [3.05, 3.63) is 24.3 Å². The van der Waals surface area contributed by atoms with E-state index in [4.69, 9.17) is 0 Å². The van der Waals surface area contributed by atoms with Gasteiger partial charge in [0.15, 0.2) is 0 Å². The summed E-state index contributed by atoms with van der Waals surface area (Å²) in [5, 5.41) is 0. The van der Waals surface area contributed by atoms with Crippen molar-refractivity contribution in [3.63, 3.8) is 0 Å². The van der Waals surface area contributed by atoms with Gasteiger partial charge < -0.3 is 0 Å². The number of hydrogen-bond acceptors (Lipinski definition) is 3. The highest BCUT2D eigenvalue weighted by atomic mass is 16.1. The third kappa shape index (κ3) is 1.60. The van der Waals surface area contributed by atoms with Crippen molar-refractivity contribution in [2.75, 3.05) is 0 Å². The highest BCUT2D eigenvalue weighted by Crippen LogP contribution is 1.86. The zero-order valence-corrected chi connectivity index (χ0v) is 4.74. The highest BCUT2D eigenvalue weighted by molar-refractivity contribution is 5.54. The standard InChI is InChI=1S/C6H5N2O/c9-4-1-6-5-7-2-3-8-6/h2-3,5H,1H2. The molecule has 0 aliphatic heterocycles. The van der Waals surface area contributed by atoms with Crippen molar-refractivity contribution in [1.29, 1.82) is 0 Å². The lowest BCUT2D eigenvalue weighted by Crippen LogP contribution is -1.89. The maximum absolute atomic E-state index is 9.78. The molecule has 1 aromatic heterocycles. The summed E-state index contributed by atoms with van der Waals surface area (Å²) in [4.78, 5) is 17.4. The smallest absolute Gasteiger partial charge is 0.204 e. The van der Waals surface area contributed by atoms with E-state index in [1.54, 1.807) is 24.9 Å². The number of aromatic nitrogens is 2. The minimum absolute atomic E-state index is 0.230. The van der Waals surface area contributed by atoms with Gasteiger partial charge in [-0.3, -0.25) is 14.8 Å². The Balaban J connectivity index is 2.72. The van der Waals surface area contributed by atoms with Gasteiger partial charge in [-0.15, -0.1) is 0 Å². The molecule has 1 rings (SSSR count). The Labute approximate surface area is 52.8 Å². The van der Waals surface area contributed by atoms with Gasteiger partial charge in [0.2, 0.25) is 6.29 Å². The van der Waals surface area contributed by atoms with E-state index in [1.165, 1.54) is 0 Å². The molecule has 9 heavy (non-hydrogen) atoms.